The molecule has 0 saturated carbocycles. The van der Waals surface area contributed by atoms with Gasteiger partial charge in [0.25, 0.3) is 5.91 Å². The maximum Gasteiger partial charge on any atom is 0.308 e. The molecule has 29 heavy (non-hydrogen) atoms. The van der Waals surface area contributed by atoms with Crippen molar-refractivity contribution in [3.8, 4) is 11.5 Å². The number of aromatic nitrogens is 1. The van der Waals surface area contributed by atoms with Gasteiger partial charge in [-0.05, 0) is 48.0 Å². The lowest BCUT2D eigenvalue weighted by atomic mass is 10.2. The first-order valence-electron chi connectivity index (χ1n) is 8.51. The summed E-state index contributed by atoms with van der Waals surface area (Å²) in [6.07, 6.45) is 4.73. The zero-order valence-electron chi connectivity index (χ0n) is 15.7. The van der Waals surface area contributed by atoms with Crippen molar-refractivity contribution in [3.63, 3.8) is 0 Å². The number of hydrogen-bond acceptors (Lipinski definition) is 6. The molecule has 6 nitrogen and oxygen atoms in total. The zero-order valence-corrected chi connectivity index (χ0v) is 17.2. The van der Waals surface area contributed by atoms with Gasteiger partial charge >= 0.3 is 5.97 Å². The SMILES string of the molecule is COc1cc(C=CC(=O)N(c2ccc(Cl)cc2)c2nccs2)ccc1OC(C)=O. The Balaban J connectivity index is 1.87. The van der Waals surface area contributed by atoms with Crippen LogP contribution < -0.4 is 14.4 Å². The van der Waals surface area contributed by atoms with Gasteiger partial charge in [-0.25, -0.2) is 4.98 Å². The Bertz CT molecular complexity index is 1030. The van der Waals surface area contributed by atoms with E-state index < -0.39 is 5.97 Å². The van der Waals surface area contributed by atoms with Crippen molar-refractivity contribution in [1.29, 1.82) is 0 Å². The fourth-order valence-corrected chi connectivity index (χ4v) is 3.31. The van der Waals surface area contributed by atoms with Gasteiger partial charge in [0.2, 0.25) is 0 Å². The van der Waals surface area contributed by atoms with Gasteiger partial charge < -0.3 is 9.47 Å². The predicted octanol–water partition coefficient (Wildman–Crippen LogP) is 5.11. The van der Waals surface area contributed by atoms with Gasteiger partial charge in [-0.3, -0.25) is 14.5 Å². The molecule has 0 unspecified atom stereocenters. The van der Waals surface area contributed by atoms with Crippen LogP contribution in [0.3, 0.4) is 0 Å². The molecule has 0 fully saturated rings. The van der Waals surface area contributed by atoms with Crippen LogP contribution in [-0.4, -0.2) is 24.0 Å². The second-order valence-corrected chi connectivity index (χ2v) is 7.11. The van der Waals surface area contributed by atoms with Gasteiger partial charge in [-0.15, -0.1) is 11.3 Å². The molecule has 0 saturated heterocycles. The topological polar surface area (TPSA) is 68.7 Å². The summed E-state index contributed by atoms with van der Waals surface area (Å²) in [5, 5.41) is 2.92. The number of ether oxygens (including phenoxy) is 2. The molecule has 3 rings (SSSR count). The minimum Gasteiger partial charge on any atom is -0.493 e. The number of rotatable bonds is 6. The van der Waals surface area contributed by atoms with Crippen molar-refractivity contribution in [1.82, 2.24) is 4.98 Å². The molecule has 0 spiro atoms. The summed E-state index contributed by atoms with van der Waals surface area (Å²) >= 11 is 7.31. The summed E-state index contributed by atoms with van der Waals surface area (Å²) in [5.74, 6) is -0.00698. The predicted molar refractivity (Wildman–Crippen MR) is 114 cm³/mol. The summed E-state index contributed by atoms with van der Waals surface area (Å²) in [7, 11) is 1.48. The van der Waals surface area contributed by atoms with E-state index in [1.54, 1.807) is 60.1 Å². The van der Waals surface area contributed by atoms with Crippen molar-refractivity contribution >= 4 is 51.7 Å². The van der Waals surface area contributed by atoms with E-state index in [0.717, 1.165) is 0 Å². The number of carbonyl (C=O) groups is 2. The quantitative estimate of drug-likeness (QED) is 0.310. The molecule has 0 radical (unpaired) electrons. The summed E-state index contributed by atoms with van der Waals surface area (Å²) in [6, 6.07) is 12.0. The fraction of sp³-hybridized carbons (Fsp3) is 0.0952. The largest absolute Gasteiger partial charge is 0.493 e. The van der Waals surface area contributed by atoms with E-state index in [0.29, 0.717) is 32.9 Å². The number of thiazole rings is 1. The van der Waals surface area contributed by atoms with Crippen molar-refractivity contribution in [2.75, 3.05) is 12.0 Å². The van der Waals surface area contributed by atoms with Gasteiger partial charge in [-0.2, -0.15) is 0 Å². The lowest BCUT2D eigenvalue weighted by Crippen LogP contribution is -2.23. The van der Waals surface area contributed by atoms with Gasteiger partial charge in [-0.1, -0.05) is 17.7 Å². The molecule has 1 aromatic heterocycles. The Kier molecular flexibility index (Phi) is 6.64. The molecule has 0 aliphatic heterocycles. The Hall–Kier alpha value is -3.16. The maximum absolute atomic E-state index is 12.9. The number of hydrogen-bond donors (Lipinski definition) is 0. The summed E-state index contributed by atoms with van der Waals surface area (Å²) in [6.45, 7) is 1.32. The third-order valence-electron chi connectivity index (χ3n) is 3.78. The Labute approximate surface area is 177 Å². The van der Waals surface area contributed by atoms with Crippen molar-refractivity contribution in [2.24, 2.45) is 0 Å². The number of benzene rings is 2. The van der Waals surface area contributed by atoms with Gasteiger partial charge in [0, 0.05) is 29.6 Å². The van der Waals surface area contributed by atoms with Crippen LogP contribution in [0.25, 0.3) is 6.08 Å². The Morgan fingerprint density at radius 2 is 1.90 bits per heavy atom. The monoisotopic (exact) mass is 428 g/mol. The Morgan fingerprint density at radius 1 is 1.14 bits per heavy atom. The van der Waals surface area contributed by atoms with E-state index in [2.05, 4.69) is 4.98 Å². The van der Waals surface area contributed by atoms with Crippen molar-refractivity contribution in [3.05, 3.63) is 70.7 Å². The first kappa shape index (κ1) is 20.6. The first-order valence-corrected chi connectivity index (χ1v) is 9.77. The summed E-state index contributed by atoms with van der Waals surface area (Å²) in [4.78, 5) is 29.9. The van der Waals surface area contributed by atoms with Crippen LogP contribution in [-0.2, 0) is 9.59 Å². The number of nitrogens with zero attached hydrogens (tertiary/aromatic N) is 2. The van der Waals surface area contributed by atoms with Gasteiger partial charge in [0.15, 0.2) is 16.6 Å². The van der Waals surface area contributed by atoms with E-state index in [1.165, 1.54) is 36.3 Å². The van der Waals surface area contributed by atoms with Crippen LogP contribution in [0.5, 0.6) is 11.5 Å². The first-order chi connectivity index (χ1) is 14.0. The van der Waals surface area contributed by atoms with Gasteiger partial charge in [0.1, 0.15) is 0 Å². The Morgan fingerprint density at radius 3 is 2.52 bits per heavy atom. The molecule has 0 aliphatic rings. The molecule has 2 aromatic carbocycles. The van der Waals surface area contributed by atoms with Crippen LogP contribution in [0, 0.1) is 0 Å². The molecular weight excluding hydrogens is 412 g/mol. The van der Waals surface area contributed by atoms with Crippen LogP contribution in [0.4, 0.5) is 10.8 Å². The number of esters is 1. The normalized spacial score (nSPS) is 10.7. The lowest BCUT2D eigenvalue weighted by Gasteiger charge is -2.18. The minimum atomic E-state index is -0.441. The highest BCUT2D eigenvalue weighted by molar-refractivity contribution is 7.13. The highest BCUT2D eigenvalue weighted by Gasteiger charge is 2.18. The van der Waals surface area contributed by atoms with E-state index in [9.17, 15) is 9.59 Å². The fourth-order valence-electron chi connectivity index (χ4n) is 2.52. The highest BCUT2D eigenvalue weighted by atomic mass is 35.5. The third kappa shape index (κ3) is 5.22. The summed E-state index contributed by atoms with van der Waals surface area (Å²) in [5.41, 5.74) is 1.36. The molecule has 1 heterocycles. The second kappa shape index (κ2) is 9.36. The van der Waals surface area contributed by atoms with E-state index in [1.807, 2.05) is 0 Å². The standard InChI is InChI=1S/C21H17ClN2O4S/c1-14(25)28-18-9-3-15(13-19(18)27-2)4-10-20(26)24(21-23-11-12-29-21)17-7-5-16(22)6-8-17/h3-13H,1-2H3. The molecular formula is C21H17ClN2O4S. The number of carbonyl (C=O) groups excluding carboxylic acids is 2. The van der Waals surface area contributed by atoms with Gasteiger partial charge in [0.05, 0.1) is 12.8 Å². The minimum absolute atomic E-state index is 0.273. The van der Waals surface area contributed by atoms with Crippen LogP contribution in [0.15, 0.2) is 60.1 Å². The highest BCUT2D eigenvalue weighted by Crippen LogP contribution is 2.30. The average Bonchev–Trinajstić information content (AvgIpc) is 3.22. The van der Waals surface area contributed by atoms with Crippen LogP contribution >= 0.6 is 22.9 Å². The second-order valence-electron chi connectivity index (χ2n) is 5.80. The molecule has 1 amide bonds. The van der Waals surface area contributed by atoms with E-state index in [4.69, 9.17) is 21.1 Å². The third-order valence-corrected chi connectivity index (χ3v) is 4.78. The molecule has 8 heteroatoms. The molecule has 0 aliphatic carbocycles. The molecule has 148 valence electrons. The molecule has 3 aromatic rings. The number of methoxy groups -OCH3 is 1. The average molecular weight is 429 g/mol. The zero-order chi connectivity index (χ0) is 20.8. The van der Waals surface area contributed by atoms with Crippen LogP contribution in [0.2, 0.25) is 5.02 Å². The number of anilines is 2. The summed E-state index contributed by atoms with van der Waals surface area (Å²) < 4.78 is 10.3. The lowest BCUT2D eigenvalue weighted by molar-refractivity contribution is -0.132. The number of amides is 1. The van der Waals surface area contributed by atoms with E-state index in [-0.39, 0.29) is 5.91 Å². The van der Waals surface area contributed by atoms with Crippen LogP contribution in [0.1, 0.15) is 12.5 Å². The van der Waals surface area contributed by atoms with Crippen molar-refractivity contribution in [2.45, 2.75) is 6.92 Å². The maximum atomic E-state index is 12.9. The molecule has 0 bridgehead atoms. The van der Waals surface area contributed by atoms with Crippen molar-refractivity contribution < 1.29 is 19.1 Å². The molecule has 0 N–H and O–H groups in total. The smallest absolute Gasteiger partial charge is 0.308 e. The number of halogens is 1. The van der Waals surface area contributed by atoms with E-state index >= 15 is 0 Å². The molecule has 0 atom stereocenters.